The van der Waals surface area contributed by atoms with E-state index in [1.54, 1.807) is 0 Å². The lowest BCUT2D eigenvalue weighted by Crippen LogP contribution is -2.35. The molecule has 0 radical (unpaired) electrons. The fourth-order valence-corrected chi connectivity index (χ4v) is 4.72. The highest BCUT2D eigenvalue weighted by molar-refractivity contribution is 7.90. The summed E-state index contributed by atoms with van der Waals surface area (Å²) >= 11 is 0. The number of aromatic nitrogens is 1. The molecule has 13 heteroatoms. The Labute approximate surface area is 191 Å². The predicted molar refractivity (Wildman–Crippen MR) is 107 cm³/mol. The largest absolute Gasteiger partial charge is 0.484 e. The van der Waals surface area contributed by atoms with Gasteiger partial charge in [-0.3, -0.25) is 4.79 Å². The zero-order valence-corrected chi connectivity index (χ0v) is 19.1. The van der Waals surface area contributed by atoms with Crippen molar-refractivity contribution in [2.45, 2.75) is 48.8 Å². The molecular formula is C21H21F5N2O5S. The summed E-state index contributed by atoms with van der Waals surface area (Å²) in [6.45, 7) is 1.90. The molecule has 3 atom stereocenters. The van der Waals surface area contributed by atoms with E-state index < -0.39 is 45.1 Å². The van der Waals surface area contributed by atoms with Gasteiger partial charge in [-0.15, -0.1) is 0 Å². The zero-order chi connectivity index (χ0) is 25.3. The number of carbonyl (C=O) groups excluding carboxylic acids is 1. The van der Waals surface area contributed by atoms with E-state index in [9.17, 15) is 35.2 Å². The second-order valence-electron chi connectivity index (χ2n) is 8.93. The van der Waals surface area contributed by atoms with Crippen molar-refractivity contribution in [3.05, 3.63) is 41.6 Å². The van der Waals surface area contributed by atoms with Gasteiger partial charge in [-0.25, -0.2) is 22.2 Å². The summed E-state index contributed by atoms with van der Waals surface area (Å²) in [5, 5.41) is 0. The molecule has 7 nitrogen and oxygen atoms in total. The summed E-state index contributed by atoms with van der Waals surface area (Å²) in [7, 11) is -3.73. The number of fused-ring (bicyclic) bond motifs is 1. The Kier molecular flexibility index (Phi) is 5.50. The van der Waals surface area contributed by atoms with Gasteiger partial charge in [-0.05, 0) is 37.5 Å². The molecule has 2 unspecified atom stereocenters. The van der Waals surface area contributed by atoms with E-state index in [0.717, 1.165) is 31.4 Å². The monoisotopic (exact) mass is 508 g/mol. The first-order valence-corrected chi connectivity index (χ1v) is 12.1. The average Bonchev–Trinajstić information content (AvgIpc) is 3.07. The molecule has 1 saturated carbocycles. The zero-order valence-electron chi connectivity index (χ0n) is 18.3. The fraction of sp³-hybridized carbons (Fsp3) is 0.524. The van der Waals surface area contributed by atoms with Crippen molar-refractivity contribution < 1.29 is 44.3 Å². The van der Waals surface area contributed by atoms with Gasteiger partial charge in [0.05, 0.1) is 15.9 Å². The maximum absolute atomic E-state index is 13.7. The van der Waals surface area contributed by atoms with Crippen LogP contribution in [0.25, 0.3) is 0 Å². The van der Waals surface area contributed by atoms with E-state index in [1.807, 2.05) is 0 Å². The molecule has 2 aliphatic rings. The van der Waals surface area contributed by atoms with Gasteiger partial charge in [-0.1, -0.05) is 0 Å². The maximum atomic E-state index is 13.7. The second-order valence-corrected chi connectivity index (χ2v) is 10.9. The molecule has 1 amide bonds. The minimum atomic E-state index is -4.67. The van der Waals surface area contributed by atoms with Gasteiger partial charge in [-0.2, -0.15) is 13.2 Å². The van der Waals surface area contributed by atoms with E-state index >= 15 is 0 Å². The summed E-state index contributed by atoms with van der Waals surface area (Å²) in [5.74, 6) is -4.48. The molecule has 186 valence electrons. The Morgan fingerprint density at radius 2 is 1.97 bits per heavy atom. The van der Waals surface area contributed by atoms with Crippen LogP contribution in [0.15, 0.2) is 33.8 Å². The molecule has 4 rings (SSSR count). The molecule has 34 heavy (non-hydrogen) atoms. The van der Waals surface area contributed by atoms with Crippen LogP contribution in [0.2, 0.25) is 0 Å². The van der Waals surface area contributed by atoms with Crippen molar-refractivity contribution in [2.24, 2.45) is 5.92 Å². The van der Waals surface area contributed by atoms with Crippen molar-refractivity contribution in [1.82, 2.24) is 9.88 Å². The van der Waals surface area contributed by atoms with E-state index in [-0.39, 0.29) is 41.1 Å². The number of benzene rings is 1. The van der Waals surface area contributed by atoms with E-state index in [2.05, 4.69) is 4.98 Å². The van der Waals surface area contributed by atoms with Crippen LogP contribution in [0.3, 0.4) is 0 Å². The number of ether oxygens (including phenoxy) is 1. The van der Waals surface area contributed by atoms with Crippen molar-refractivity contribution >= 4 is 15.7 Å². The highest BCUT2D eigenvalue weighted by Gasteiger charge is 2.65. The molecule has 1 saturated heterocycles. The van der Waals surface area contributed by atoms with Crippen LogP contribution in [0.4, 0.5) is 22.0 Å². The molecule has 0 spiro atoms. The first kappa shape index (κ1) is 24.4. The van der Waals surface area contributed by atoms with Crippen molar-refractivity contribution in [1.29, 1.82) is 0 Å². The molecule has 2 heterocycles. The van der Waals surface area contributed by atoms with Crippen LogP contribution in [0.1, 0.15) is 42.2 Å². The number of sulfone groups is 1. The first-order valence-electron chi connectivity index (χ1n) is 10.2. The third-order valence-electron chi connectivity index (χ3n) is 6.28. The summed E-state index contributed by atoms with van der Waals surface area (Å²) in [4.78, 5) is 18.0. The van der Waals surface area contributed by atoms with Crippen LogP contribution >= 0.6 is 0 Å². The number of piperidine rings is 1. The van der Waals surface area contributed by atoms with E-state index in [0.29, 0.717) is 19.6 Å². The molecule has 2 fully saturated rings. The average molecular weight is 508 g/mol. The molecule has 0 bridgehead atoms. The number of amides is 1. The predicted octanol–water partition coefficient (Wildman–Crippen LogP) is 3.93. The third kappa shape index (κ3) is 4.37. The van der Waals surface area contributed by atoms with Crippen molar-refractivity contribution in [2.75, 3.05) is 19.3 Å². The molecule has 1 aromatic carbocycles. The lowest BCUT2D eigenvalue weighted by atomic mass is 10.1. The SMILES string of the molecule is C[C@H](Oc1ccc(S(C)(=O)=O)cc1C(=O)N1CC2CC2(c2nc(C(F)(F)F)co2)C1)C(C)(F)F. The fourth-order valence-electron chi connectivity index (χ4n) is 4.08. The van der Waals surface area contributed by atoms with Crippen LogP contribution in [-0.2, 0) is 21.4 Å². The number of hydrogen-bond acceptors (Lipinski definition) is 6. The van der Waals surface area contributed by atoms with Gasteiger partial charge in [0.1, 0.15) is 12.0 Å². The van der Waals surface area contributed by atoms with Crippen LogP contribution in [0, 0.1) is 5.92 Å². The minimum Gasteiger partial charge on any atom is -0.484 e. The number of rotatable bonds is 6. The van der Waals surface area contributed by atoms with Gasteiger partial charge in [0.15, 0.2) is 21.6 Å². The summed E-state index contributed by atoms with van der Waals surface area (Å²) in [5.41, 5.74) is -2.28. The first-order chi connectivity index (χ1) is 15.5. The smallest absolute Gasteiger partial charge is 0.436 e. The number of hydrogen-bond donors (Lipinski definition) is 0. The molecular weight excluding hydrogens is 487 g/mol. The Morgan fingerprint density at radius 1 is 1.29 bits per heavy atom. The second kappa shape index (κ2) is 7.65. The third-order valence-corrected chi connectivity index (χ3v) is 7.39. The summed E-state index contributed by atoms with van der Waals surface area (Å²) < 4.78 is 100. The Bertz CT molecular complexity index is 1240. The van der Waals surface area contributed by atoms with E-state index in [4.69, 9.17) is 9.15 Å². The Morgan fingerprint density at radius 3 is 2.53 bits per heavy atom. The van der Waals surface area contributed by atoms with Gasteiger partial charge in [0.25, 0.3) is 11.8 Å². The number of carbonyl (C=O) groups is 1. The summed E-state index contributed by atoms with van der Waals surface area (Å²) in [6.07, 6.45) is -4.36. The van der Waals surface area contributed by atoms with E-state index in [1.165, 1.54) is 4.90 Å². The normalized spacial score (nSPS) is 23.5. The number of likely N-dealkylation sites (tertiary alicyclic amines) is 1. The van der Waals surface area contributed by atoms with Crippen LogP contribution in [-0.4, -0.2) is 55.6 Å². The van der Waals surface area contributed by atoms with Gasteiger partial charge < -0.3 is 14.1 Å². The number of alkyl halides is 5. The van der Waals surface area contributed by atoms with Crippen LogP contribution in [0.5, 0.6) is 5.75 Å². The van der Waals surface area contributed by atoms with Gasteiger partial charge >= 0.3 is 6.18 Å². The molecule has 2 aromatic rings. The highest BCUT2D eigenvalue weighted by atomic mass is 32.2. The van der Waals surface area contributed by atoms with Crippen LogP contribution < -0.4 is 4.74 Å². The molecule has 0 N–H and O–H groups in total. The Balaban J connectivity index is 1.63. The van der Waals surface area contributed by atoms with Crippen molar-refractivity contribution in [3.63, 3.8) is 0 Å². The molecule has 1 aromatic heterocycles. The number of halogens is 5. The highest BCUT2D eigenvalue weighted by Crippen LogP contribution is 2.59. The maximum Gasteiger partial charge on any atom is 0.436 e. The number of oxazole rings is 1. The standard InChI is InChI=1S/C21H21F5N2O5S/c1-11(19(2,22)23)33-15-5-4-13(34(3,30)31)6-14(15)17(29)28-8-12-7-20(12,10-28)18-27-16(9-32-18)21(24,25)26/h4-6,9,11-12H,7-8,10H2,1-3H3/t11-,12?,20?/m0/s1. The minimum absolute atomic E-state index is 0.0175. The Hall–Kier alpha value is -2.70. The lowest BCUT2D eigenvalue weighted by Gasteiger charge is -2.25. The quantitative estimate of drug-likeness (QED) is 0.550. The van der Waals surface area contributed by atoms with Gasteiger partial charge in [0, 0.05) is 26.3 Å². The molecule has 1 aliphatic carbocycles. The van der Waals surface area contributed by atoms with Crippen molar-refractivity contribution in [3.8, 4) is 5.75 Å². The topological polar surface area (TPSA) is 89.7 Å². The lowest BCUT2D eigenvalue weighted by molar-refractivity contribution is -0.141. The molecule has 1 aliphatic heterocycles. The summed E-state index contributed by atoms with van der Waals surface area (Å²) in [6, 6.07) is 3.34. The number of nitrogens with zero attached hydrogens (tertiary/aromatic N) is 2. The van der Waals surface area contributed by atoms with Gasteiger partial charge in [0.2, 0.25) is 5.89 Å².